The molecule has 33 heavy (non-hydrogen) atoms. The van der Waals surface area contributed by atoms with Crippen molar-refractivity contribution in [2.75, 3.05) is 5.43 Å². The highest BCUT2D eigenvalue weighted by atomic mass is 19.4. The Morgan fingerprint density at radius 1 is 1.06 bits per heavy atom. The first-order valence-electron chi connectivity index (χ1n) is 9.69. The van der Waals surface area contributed by atoms with Gasteiger partial charge in [-0.05, 0) is 53.6 Å². The summed E-state index contributed by atoms with van der Waals surface area (Å²) in [5.74, 6) is -0.303. The molecule has 1 aromatic heterocycles. The molecule has 0 aliphatic rings. The van der Waals surface area contributed by atoms with Crippen molar-refractivity contribution in [3.05, 3.63) is 106 Å². The summed E-state index contributed by atoms with van der Waals surface area (Å²) in [4.78, 5) is 10.3. The van der Waals surface area contributed by atoms with Gasteiger partial charge in [0.05, 0.1) is 16.7 Å². The van der Waals surface area contributed by atoms with Crippen molar-refractivity contribution in [2.24, 2.45) is 5.10 Å². The Kier molecular flexibility index (Phi) is 5.82. The number of anilines is 1. The highest BCUT2D eigenvalue weighted by Crippen LogP contribution is 2.35. The SMILES string of the molecule is O=[N+]([O-])c1cc(C(F)(F)F)ccc1N/N=C\c1ccc2c(ccn2Cc2cccc(F)c2)c1. The molecule has 6 nitrogen and oxygen atoms in total. The van der Waals surface area contributed by atoms with Crippen molar-refractivity contribution >= 4 is 28.5 Å². The molecule has 0 radical (unpaired) electrons. The second-order valence-electron chi connectivity index (χ2n) is 7.25. The van der Waals surface area contributed by atoms with Crippen LogP contribution in [-0.2, 0) is 12.7 Å². The fraction of sp³-hybridized carbons (Fsp3) is 0.0870. The Hall–Kier alpha value is -4.21. The minimum atomic E-state index is -4.69. The lowest BCUT2D eigenvalue weighted by atomic mass is 10.1. The maximum absolute atomic E-state index is 13.4. The van der Waals surface area contributed by atoms with Crippen LogP contribution in [0.2, 0.25) is 0 Å². The van der Waals surface area contributed by atoms with E-state index in [0.29, 0.717) is 18.2 Å². The largest absolute Gasteiger partial charge is 0.416 e. The molecule has 1 N–H and O–H groups in total. The molecule has 0 unspecified atom stereocenters. The number of aromatic nitrogens is 1. The van der Waals surface area contributed by atoms with E-state index in [9.17, 15) is 27.7 Å². The van der Waals surface area contributed by atoms with Crippen LogP contribution in [0.4, 0.5) is 28.9 Å². The van der Waals surface area contributed by atoms with Crippen LogP contribution < -0.4 is 5.43 Å². The summed E-state index contributed by atoms with van der Waals surface area (Å²) in [7, 11) is 0. The van der Waals surface area contributed by atoms with Gasteiger partial charge in [-0.2, -0.15) is 18.3 Å². The van der Waals surface area contributed by atoms with Gasteiger partial charge in [-0.25, -0.2) is 4.39 Å². The number of rotatable bonds is 6. The van der Waals surface area contributed by atoms with E-state index in [1.807, 2.05) is 35.0 Å². The van der Waals surface area contributed by atoms with Crippen molar-refractivity contribution in [1.82, 2.24) is 4.57 Å². The van der Waals surface area contributed by atoms with E-state index in [1.54, 1.807) is 12.1 Å². The third kappa shape index (κ3) is 5.00. The number of nitro benzene ring substituents is 1. The molecule has 0 saturated carbocycles. The summed E-state index contributed by atoms with van der Waals surface area (Å²) in [5, 5.41) is 16.0. The molecule has 10 heteroatoms. The van der Waals surface area contributed by atoms with Crippen LogP contribution >= 0.6 is 0 Å². The maximum atomic E-state index is 13.4. The molecular weight excluding hydrogens is 440 g/mol. The van der Waals surface area contributed by atoms with Crippen LogP contribution in [0.25, 0.3) is 10.9 Å². The molecule has 4 aromatic rings. The standard InChI is InChI=1S/C23H16F4N4O2/c24-19-3-1-2-16(11-19)14-30-9-8-17-10-15(4-7-21(17)30)13-28-29-20-6-5-18(23(25,26)27)12-22(20)31(32)33/h1-13,29H,14H2/b28-13-. The topological polar surface area (TPSA) is 72.5 Å². The smallest absolute Gasteiger partial charge is 0.343 e. The summed E-state index contributed by atoms with van der Waals surface area (Å²) >= 11 is 0. The average molecular weight is 456 g/mol. The number of halogens is 4. The summed E-state index contributed by atoms with van der Waals surface area (Å²) < 4.78 is 53.8. The van der Waals surface area contributed by atoms with Gasteiger partial charge in [0, 0.05) is 29.7 Å². The lowest BCUT2D eigenvalue weighted by Gasteiger charge is -2.08. The van der Waals surface area contributed by atoms with Crippen molar-refractivity contribution in [2.45, 2.75) is 12.7 Å². The number of hydrogen-bond acceptors (Lipinski definition) is 4. The number of alkyl halides is 3. The van der Waals surface area contributed by atoms with Gasteiger partial charge < -0.3 is 4.57 Å². The van der Waals surface area contributed by atoms with Crippen molar-refractivity contribution in [1.29, 1.82) is 0 Å². The van der Waals surface area contributed by atoms with Crippen LogP contribution in [0.5, 0.6) is 0 Å². The van der Waals surface area contributed by atoms with Crippen LogP contribution in [0.3, 0.4) is 0 Å². The first-order valence-corrected chi connectivity index (χ1v) is 9.69. The number of hydrazone groups is 1. The minimum Gasteiger partial charge on any atom is -0.343 e. The van der Waals surface area contributed by atoms with E-state index in [2.05, 4.69) is 10.5 Å². The van der Waals surface area contributed by atoms with Crippen LogP contribution in [0.1, 0.15) is 16.7 Å². The van der Waals surface area contributed by atoms with Gasteiger partial charge in [0.25, 0.3) is 5.69 Å². The van der Waals surface area contributed by atoms with Crippen LogP contribution in [-0.4, -0.2) is 15.7 Å². The summed E-state index contributed by atoms with van der Waals surface area (Å²) in [6.45, 7) is 0.494. The second-order valence-corrected chi connectivity index (χ2v) is 7.25. The highest BCUT2D eigenvalue weighted by molar-refractivity contribution is 5.89. The normalized spacial score (nSPS) is 11.9. The van der Waals surface area contributed by atoms with E-state index in [1.165, 1.54) is 18.3 Å². The average Bonchev–Trinajstić information content (AvgIpc) is 3.15. The number of fused-ring (bicyclic) bond motifs is 1. The summed E-state index contributed by atoms with van der Waals surface area (Å²) in [5.41, 5.74) is 2.84. The second kappa shape index (κ2) is 8.73. The van der Waals surface area contributed by atoms with Gasteiger partial charge in [-0.1, -0.05) is 18.2 Å². The predicted molar refractivity (Wildman–Crippen MR) is 117 cm³/mol. The molecular formula is C23H16F4N4O2. The Balaban J connectivity index is 1.51. The van der Waals surface area contributed by atoms with Crippen molar-refractivity contribution in [3.8, 4) is 0 Å². The van der Waals surface area contributed by atoms with Gasteiger partial charge >= 0.3 is 6.18 Å². The summed E-state index contributed by atoms with van der Waals surface area (Å²) in [6.07, 6.45) is -1.40. The number of nitro groups is 1. The zero-order chi connectivity index (χ0) is 23.6. The highest BCUT2D eigenvalue weighted by Gasteiger charge is 2.33. The number of nitrogens with zero attached hydrogens (tertiary/aromatic N) is 3. The minimum absolute atomic E-state index is 0.161. The Labute approximate surface area is 184 Å². The molecule has 0 amide bonds. The van der Waals surface area contributed by atoms with Crippen LogP contribution in [0, 0.1) is 15.9 Å². The van der Waals surface area contributed by atoms with Gasteiger partial charge in [-0.3, -0.25) is 15.5 Å². The van der Waals surface area contributed by atoms with E-state index in [0.717, 1.165) is 28.6 Å². The lowest BCUT2D eigenvalue weighted by molar-refractivity contribution is -0.384. The van der Waals surface area contributed by atoms with Gasteiger partial charge in [-0.15, -0.1) is 0 Å². The lowest BCUT2D eigenvalue weighted by Crippen LogP contribution is -2.06. The predicted octanol–water partition coefficient (Wildman–Crippen LogP) is 6.20. The monoisotopic (exact) mass is 456 g/mol. The van der Waals surface area contributed by atoms with Gasteiger partial charge in [0.2, 0.25) is 0 Å². The molecule has 0 fully saturated rings. The fourth-order valence-corrected chi connectivity index (χ4v) is 3.40. The van der Waals surface area contributed by atoms with Crippen LogP contribution in [0.15, 0.2) is 78.0 Å². The molecule has 0 aliphatic heterocycles. The number of nitrogens with one attached hydrogen (secondary N) is 1. The molecule has 1 heterocycles. The number of hydrogen-bond donors (Lipinski definition) is 1. The third-order valence-electron chi connectivity index (χ3n) is 4.96. The maximum Gasteiger partial charge on any atom is 0.416 e. The summed E-state index contributed by atoms with van der Waals surface area (Å²) in [6, 6.07) is 15.9. The first kappa shape index (κ1) is 22.0. The van der Waals surface area contributed by atoms with Crippen molar-refractivity contribution in [3.63, 3.8) is 0 Å². The third-order valence-corrected chi connectivity index (χ3v) is 4.96. The molecule has 0 bridgehead atoms. The Morgan fingerprint density at radius 2 is 1.88 bits per heavy atom. The number of benzene rings is 3. The molecule has 0 aliphatic carbocycles. The fourth-order valence-electron chi connectivity index (χ4n) is 3.40. The molecule has 4 rings (SSSR count). The van der Waals surface area contributed by atoms with E-state index < -0.39 is 22.4 Å². The zero-order valence-corrected chi connectivity index (χ0v) is 16.9. The molecule has 0 atom stereocenters. The van der Waals surface area contributed by atoms with E-state index >= 15 is 0 Å². The van der Waals surface area contributed by atoms with Gasteiger partial charge in [0.15, 0.2) is 0 Å². The Morgan fingerprint density at radius 3 is 2.61 bits per heavy atom. The molecule has 3 aromatic carbocycles. The molecule has 0 spiro atoms. The molecule has 168 valence electrons. The quantitative estimate of drug-likeness (QED) is 0.162. The van der Waals surface area contributed by atoms with Crippen molar-refractivity contribution < 1.29 is 22.5 Å². The van der Waals surface area contributed by atoms with E-state index in [4.69, 9.17) is 0 Å². The molecule has 0 saturated heterocycles. The Bertz CT molecular complexity index is 1360. The first-order chi connectivity index (χ1) is 15.7. The van der Waals surface area contributed by atoms with E-state index in [-0.39, 0.29) is 11.5 Å². The van der Waals surface area contributed by atoms with Gasteiger partial charge in [0.1, 0.15) is 11.5 Å². The zero-order valence-electron chi connectivity index (χ0n) is 16.9.